The third-order valence-corrected chi connectivity index (χ3v) is 2.36. The Morgan fingerprint density at radius 3 is 1.93 bits per heavy atom. The maximum atomic E-state index is 3.65. The van der Waals surface area contributed by atoms with Crippen molar-refractivity contribution in [2.24, 2.45) is 5.41 Å². The van der Waals surface area contributed by atoms with Gasteiger partial charge in [-0.1, -0.05) is 40.5 Å². The molecule has 0 saturated heterocycles. The van der Waals surface area contributed by atoms with E-state index in [0.717, 1.165) is 6.54 Å². The molecule has 0 spiro atoms. The topological polar surface area (TPSA) is 12.0 Å². The first-order valence-electron chi connectivity index (χ1n) is 6.02. The predicted octanol–water partition coefficient (Wildman–Crippen LogP) is 3.98. The van der Waals surface area contributed by atoms with E-state index in [4.69, 9.17) is 0 Å². The van der Waals surface area contributed by atoms with E-state index in [1.54, 1.807) is 0 Å². The number of unbranched alkanes of at least 4 members (excludes halogenated alkanes) is 2. The third-order valence-electron chi connectivity index (χ3n) is 2.36. The van der Waals surface area contributed by atoms with Crippen LogP contribution in [0, 0.1) is 5.41 Å². The Kier molecular flexibility index (Phi) is 5.73. The molecule has 0 aliphatic heterocycles. The summed E-state index contributed by atoms with van der Waals surface area (Å²) in [5.74, 6) is 0. The molecule has 0 fully saturated rings. The van der Waals surface area contributed by atoms with Crippen molar-refractivity contribution in [3.8, 4) is 0 Å². The summed E-state index contributed by atoms with van der Waals surface area (Å²) in [5.41, 5.74) is 0.702. The Hall–Kier alpha value is -0.0400. The number of hydrogen-bond acceptors (Lipinski definition) is 1. The van der Waals surface area contributed by atoms with Crippen LogP contribution in [0.15, 0.2) is 0 Å². The fourth-order valence-corrected chi connectivity index (χ4v) is 2.19. The van der Waals surface area contributed by atoms with Crippen molar-refractivity contribution >= 4 is 0 Å². The summed E-state index contributed by atoms with van der Waals surface area (Å²) in [7, 11) is 0. The molecule has 86 valence electrons. The van der Waals surface area contributed by atoms with Gasteiger partial charge in [-0.2, -0.15) is 0 Å². The highest BCUT2D eigenvalue weighted by atomic mass is 14.9. The minimum atomic E-state index is 0.284. The second-order valence-corrected chi connectivity index (χ2v) is 6.26. The zero-order valence-corrected chi connectivity index (χ0v) is 11.0. The van der Waals surface area contributed by atoms with Gasteiger partial charge < -0.3 is 5.32 Å². The molecule has 0 bridgehead atoms. The molecule has 14 heavy (non-hydrogen) atoms. The van der Waals surface area contributed by atoms with Crippen LogP contribution in [0.4, 0.5) is 0 Å². The van der Waals surface area contributed by atoms with Crippen LogP contribution in [0.2, 0.25) is 0 Å². The smallest absolute Gasteiger partial charge is 0.0130 e. The van der Waals surface area contributed by atoms with Crippen molar-refractivity contribution in [2.75, 3.05) is 6.54 Å². The lowest BCUT2D eigenvalue weighted by molar-refractivity contribution is 0.241. The first kappa shape index (κ1) is 14.0. The van der Waals surface area contributed by atoms with E-state index in [1.165, 1.54) is 25.7 Å². The lowest BCUT2D eigenvalue weighted by Crippen LogP contribution is -2.42. The third kappa shape index (κ3) is 8.55. The van der Waals surface area contributed by atoms with Gasteiger partial charge >= 0.3 is 0 Å². The lowest BCUT2D eigenvalue weighted by Gasteiger charge is -2.33. The van der Waals surface area contributed by atoms with Gasteiger partial charge in [0.05, 0.1) is 0 Å². The largest absolute Gasteiger partial charge is 0.312 e. The van der Waals surface area contributed by atoms with Crippen molar-refractivity contribution in [3.63, 3.8) is 0 Å². The van der Waals surface area contributed by atoms with E-state index in [0.29, 0.717) is 5.41 Å². The molecular formula is C13H29N. The Bertz CT molecular complexity index is 142. The SMILES string of the molecule is CCCCCNC(C)(C)CC(C)(C)C. The second kappa shape index (κ2) is 5.75. The van der Waals surface area contributed by atoms with Crippen LogP contribution in [0.3, 0.4) is 0 Å². The Morgan fingerprint density at radius 1 is 0.929 bits per heavy atom. The zero-order chi connectivity index (χ0) is 11.2. The maximum absolute atomic E-state index is 3.65. The molecule has 1 N–H and O–H groups in total. The van der Waals surface area contributed by atoms with E-state index in [2.05, 4.69) is 46.9 Å². The highest BCUT2D eigenvalue weighted by molar-refractivity contribution is 4.82. The molecule has 0 radical (unpaired) electrons. The molecule has 0 aromatic rings. The highest BCUT2D eigenvalue weighted by Gasteiger charge is 2.24. The van der Waals surface area contributed by atoms with Crippen molar-refractivity contribution in [1.82, 2.24) is 5.32 Å². The molecule has 0 rings (SSSR count). The van der Waals surface area contributed by atoms with E-state index in [-0.39, 0.29) is 5.54 Å². The number of rotatable bonds is 6. The first-order valence-corrected chi connectivity index (χ1v) is 6.02. The Labute approximate surface area is 90.7 Å². The predicted molar refractivity (Wildman–Crippen MR) is 65.7 cm³/mol. The van der Waals surface area contributed by atoms with Gasteiger partial charge in [0.1, 0.15) is 0 Å². The molecule has 1 heteroatoms. The molecule has 0 aromatic heterocycles. The molecule has 0 saturated carbocycles. The van der Waals surface area contributed by atoms with Crippen molar-refractivity contribution in [1.29, 1.82) is 0 Å². The summed E-state index contributed by atoms with van der Waals surface area (Å²) in [4.78, 5) is 0. The molecular weight excluding hydrogens is 170 g/mol. The van der Waals surface area contributed by atoms with Gasteiger partial charge in [-0.05, 0) is 38.6 Å². The van der Waals surface area contributed by atoms with Crippen LogP contribution in [0.1, 0.15) is 67.2 Å². The quantitative estimate of drug-likeness (QED) is 0.638. The van der Waals surface area contributed by atoms with Crippen LogP contribution in [-0.4, -0.2) is 12.1 Å². The van der Waals surface area contributed by atoms with Crippen molar-refractivity contribution in [2.45, 2.75) is 72.8 Å². The zero-order valence-electron chi connectivity index (χ0n) is 11.0. The monoisotopic (exact) mass is 199 g/mol. The summed E-state index contributed by atoms with van der Waals surface area (Å²) in [6.45, 7) is 15.0. The van der Waals surface area contributed by atoms with E-state index >= 15 is 0 Å². The maximum Gasteiger partial charge on any atom is 0.0130 e. The van der Waals surface area contributed by atoms with Crippen LogP contribution in [0.25, 0.3) is 0 Å². The fourth-order valence-electron chi connectivity index (χ4n) is 2.19. The van der Waals surface area contributed by atoms with Gasteiger partial charge in [0.25, 0.3) is 0 Å². The second-order valence-electron chi connectivity index (χ2n) is 6.26. The highest BCUT2D eigenvalue weighted by Crippen LogP contribution is 2.26. The molecule has 0 atom stereocenters. The molecule has 0 unspecified atom stereocenters. The average molecular weight is 199 g/mol. The molecule has 0 amide bonds. The van der Waals surface area contributed by atoms with Gasteiger partial charge in [0.15, 0.2) is 0 Å². The minimum absolute atomic E-state index is 0.284. The summed E-state index contributed by atoms with van der Waals surface area (Å²) < 4.78 is 0. The lowest BCUT2D eigenvalue weighted by atomic mass is 9.82. The summed E-state index contributed by atoms with van der Waals surface area (Å²) in [6.07, 6.45) is 5.19. The van der Waals surface area contributed by atoms with E-state index in [9.17, 15) is 0 Å². The Balaban J connectivity index is 3.72. The molecule has 0 aromatic carbocycles. The normalized spacial score (nSPS) is 13.3. The molecule has 0 aliphatic carbocycles. The minimum Gasteiger partial charge on any atom is -0.312 e. The molecule has 1 nitrogen and oxygen atoms in total. The van der Waals surface area contributed by atoms with Gasteiger partial charge in [-0.15, -0.1) is 0 Å². The fraction of sp³-hybridized carbons (Fsp3) is 1.00. The van der Waals surface area contributed by atoms with E-state index in [1.807, 2.05) is 0 Å². The summed E-state index contributed by atoms with van der Waals surface area (Å²) >= 11 is 0. The van der Waals surface area contributed by atoms with Gasteiger partial charge in [-0.25, -0.2) is 0 Å². The van der Waals surface area contributed by atoms with Crippen LogP contribution in [0.5, 0.6) is 0 Å². The molecule has 0 aliphatic rings. The van der Waals surface area contributed by atoms with Crippen LogP contribution >= 0.6 is 0 Å². The summed E-state index contributed by atoms with van der Waals surface area (Å²) in [6, 6.07) is 0. The van der Waals surface area contributed by atoms with Crippen LogP contribution in [-0.2, 0) is 0 Å². The Morgan fingerprint density at radius 2 is 1.50 bits per heavy atom. The molecule has 0 heterocycles. The van der Waals surface area contributed by atoms with Crippen LogP contribution < -0.4 is 5.32 Å². The van der Waals surface area contributed by atoms with E-state index < -0.39 is 0 Å². The van der Waals surface area contributed by atoms with Crippen molar-refractivity contribution in [3.05, 3.63) is 0 Å². The van der Waals surface area contributed by atoms with Gasteiger partial charge in [0.2, 0.25) is 0 Å². The van der Waals surface area contributed by atoms with Gasteiger partial charge in [-0.3, -0.25) is 0 Å². The number of hydrogen-bond donors (Lipinski definition) is 1. The standard InChI is InChI=1S/C13H29N/c1-7-8-9-10-14-13(5,6)11-12(2,3)4/h14H,7-11H2,1-6H3. The van der Waals surface area contributed by atoms with Crippen molar-refractivity contribution < 1.29 is 0 Å². The summed E-state index contributed by atoms with van der Waals surface area (Å²) in [5, 5.41) is 3.65. The first-order chi connectivity index (χ1) is 6.27. The average Bonchev–Trinajstić information content (AvgIpc) is 1.93. The van der Waals surface area contributed by atoms with Gasteiger partial charge in [0, 0.05) is 5.54 Å². The number of nitrogens with one attached hydrogen (secondary N) is 1.